The number of anilines is 1. The Hall–Kier alpha value is -1.58. The fourth-order valence-corrected chi connectivity index (χ4v) is 1.70. The van der Waals surface area contributed by atoms with Gasteiger partial charge >= 0.3 is 0 Å². The van der Waals surface area contributed by atoms with E-state index in [1.807, 2.05) is 19.2 Å². The third-order valence-electron chi connectivity index (χ3n) is 3.31. The van der Waals surface area contributed by atoms with E-state index in [-0.39, 0.29) is 17.4 Å². The third kappa shape index (κ3) is 5.59. The Morgan fingerprint density at radius 3 is 2.55 bits per heavy atom. The number of hydrogen-bond donors (Lipinski definition) is 2. The van der Waals surface area contributed by atoms with Crippen molar-refractivity contribution in [2.24, 2.45) is 0 Å². The molecule has 1 rings (SSSR count). The average Bonchev–Trinajstić information content (AvgIpc) is 2.38. The van der Waals surface area contributed by atoms with E-state index in [0.29, 0.717) is 13.0 Å². The summed E-state index contributed by atoms with van der Waals surface area (Å²) in [6, 6.07) is 4.29. The Morgan fingerprint density at radius 2 is 2.05 bits per heavy atom. The maximum Gasteiger partial charge on any atom is 0.221 e. The number of pyridine rings is 1. The van der Waals surface area contributed by atoms with Gasteiger partial charge in [0.2, 0.25) is 5.91 Å². The van der Waals surface area contributed by atoms with Crippen LogP contribution >= 0.6 is 0 Å². The molecule has 1 aromatic rings. The number of amides is 1. The molecule has 0 radical (unpaired) electrons. The molecule has 0 aliphatic heterocycles. The lowest BCUT2D eigenvalue weighted by molar-refractivity contribution is -0.121. The normalized spacial score (nSPS) is 12.8. The zero-order chi connectivity index (χ0) is 15.2. The van der Waals surface area contributed by atoms with Gasteiger partial charge in [0.15, 0.2) is 0 Å². The molecule has 0 aliphatic carbocycles. The van der Waals surface area contributed by atoms with E-state index in [1.165, 1.54) is 5.56 Å². The molecule has 0 saturated heterocycles. The van der Waals surface area contributed by atoms with Gasteiger partial charge in [0, 0.05) is 25.2 Å². The molecule has 0 aliphatic rings. The summed E-state index contributed by atoms with van der Waals surface area (Å²) in [5.74, 6) is 0.896. The summed E-state index contributed by atoms with van der Waals surface area (Å²) >= 11 is 0. The van der Waals surface area contributed by atoms with Crippen LogP contribution in [0.3, 0.4) is 0 Å². The lowest BCUT2D eigenvalue weighted by Crippen LogP contribution is -2.33. The number of carbonyl (C=O) groups is 1. The number of rotatable bonds is 6. The van der Waals surface area contributed by atoms with E-state index in [4.69, 9.17) is 0 Å². The summed E-state index contributed by atoms with van der Waals surface area (Å²) in [6.07, 6.45) is 3.31. The molecule has 0 aromatic carbocycles. The summed E-state index contributed by atoms with van der Waals surface area (Å²) in [7, 11) is 0. The first-order chi connectivity index (χ1) is 9.32. The number of hydrogen-bond acceptors (Lipinski definition) is 3. The molecule has 1 amide bonds. The number of aromatic nitrogens is 1. The van der Waals surface area contributed by atoms with Gasteiger partial charge in [0.05, 0.1) is 0 Å². The highest BCUT2D eigenvalue weighted by atomic mass is 16.1. The standard InChI is InChI=1S/C16H27N3O/c1-6-12(2)19-15(20)9-10-17-14-8-7-13(11-18-14)16(3,4)5/h7-8,11-12H,6,9-10H2,1-5H3,(H,17,18)(H,19,20). The van der Waals surface area contributed by atoms with Crippen LogP contribution in [0.5, 0.6) is 0 Å². The highest BCUT2D eigenvalue weighted by Gasteiger charge is 2.13. The third-order valence-corrected chi connectivity index (χ3v) is 3.31. The highest BCUT2D eigenvalue weighted by Crippen LogP contribution is 2.21. The summed E-state index contributed by atoms with van der Waals surface area (Å²) in [4.78, 5) is 16.0. The van der Waals surface area contributed by atoms with Crippen molar-refractivity contribution in [2.75, 3.05) is 11.9 Å². The van der Waals surface area contributed by atoms with Gasteiger partial charge in [-0.25, -0.2) is 4.98 Å². The van der Waals surface area contributed by atoms with E-state index in [0.717, 1.165) is 12.2 Å². The van der Waals surface area contributed by atoms with Crippen molar-refractivity contribution in [3.05, 3.63) is 23.9 Å². The molecule has 1 atom stereocenters. The minimum atomic E-state index is 0.0816. The molecule has 2 N–H and O–H groups in total. The second kappa shape index (κ2) is 7.27. The van der Waals surface area contributed by atoms with Crippen molar-refractivity contribution in [2.45, 2.75) is 58.9 Å². The van der Waals surface area contributed by atoms with Gasteiger partial charge in [-0.1, -0.05) is 33.8 Å². The average molecular weight is 277 g/mol. The second-order valence-electron chi connectivity index (χ2n) is 6.24. The van der Waals surface area contributed by atoms with Gasteiger partial charge in [-0.3, -0.25) is 4.79 Å². The first-order valence-electron chi connectivity index (χ1n) is 7.32. The highest BCUT2D eigenvalue weighted by molar-refractivity contribution is 5.76. The lowest BCUT2D eigenvalue weighted by atomic mass is 9.88. The van der Waals surface area contributed by atoms with Gasteiger partial charge in [0.25, 0.3) is 0 Å². The molecule has 0 bridgehead atoms. The zero-order valence-corrected chi connectivity index (χ0v) is 13.3. The van der Waals surface area contributed by atoms with Crippen LogP contribution in [0.4, 0.5) is 5.82 Å². The van der Waals surface area contributed by atoms with Crippen molar-refractivity contribution in [3.8, 4) is 0 Å². The summed E-state index contributed by atoms with van der Waals surface area (Å²) in [6.45, 7) is 11.2. The minimum absolute atomic E-state index is 0.0816. The fourth-order valence-electron chi connectivity index (χ4n) is 1.70. The van der Waals surface area contributed by atoms with Gasteiger partial charge in [-0.2, -0.15) is 0 Å². The Bertz CT molecular complexity index is 420. The van der Waals surface area contributed by atoms with Crippen molar-refractivity contribution in [1.29, 1.82) is 0 Å². The van der Waals surface area contributed by atoms with Crippen LogP contribution in [0, 0.1) is 0 Å². The molecule has 1 heterocycles. The Kier molecular flexibility index (Phi) is 5.99. The zero-order valence-electron chi connectivity index (χ0n) is 13.3. The molecule has 1 unspecified atom stereocenters. The predicted octanol–water partition coefficient (Wildman–Crippen LogP) is 3.10. The van der Waals surface area contributed by atoms with E-state index < -0.39 is 0 Å². The van der Waals surface area contributed by atoms with Crippen LogP contribution in [0.2, 0.25) is 0 Å². The van der Waals surface area contributed by atoms with Crippen molar-refractivity contribution in [3.63, 3.8) is 0 Å². The van der Waals surface area contributed by atoms with Gasteiger partial charge in [-0.15, -0.1) is 0 Å². The van der Waals surface area contributed by atoms with E-state index in [9.17, 15) is 4.79 Å². The Morgan fingerprint density at radius 1 is 1.35 bits per heavy atom. The van der Waals surface area contributed by atoms with Crippen LogP contribution in [0.15, 0.2) is 18.3 Å². The maximum atomic E-state index is 11.6. The molecule has 4 heteroatoms. The summed E-state index contributed by atoms with van der Waals surface area (Å²) < 4.78 is 0. The second-order valence-corrected chi connectivity index (χ2v) is 6.24. The molecular formula is C16H27N3O. The van der Waals surface area contributed by atoms with E-state index in [2.05, 4.69) is 49.4 Å². The number of nitrogens with zero attached hydrogens (tertiary/aromatic N) is 1. The molecule has 0 saturated carbocycles. The smallest absolute Gasteiger partial charge is 0.221 e. The topological polar surface area (TPSA) is 54.0 Å². The summed E-state index contributed by atoms with van der Waals surface area (Å²) in [5.41, 5.74) is 1.32. The number of nitrogens with one attached hydrogen (secondary N) is 2. The monoisotopic (exact) mass is 277 g/mol. The van der Waals surface area contributed by atoms with Crippen molar-refractivity contribution >= 4 is 11.7 Å². The molecule has 1 aromatic heterocycles. The molecule has 4 nitrogen and oxygen atoms in total. The lowest BCUT2D eigenvalue weighted by Gasteiger charge is -2.18. The van der Waals surface area contributed by atoms with Crippen LogP contribution < -0.4 is 10.6 Å². The van der Waals surface area contributed by atoms with Crippen LogP contribution in [-0.4, -0.2) is 23.5 Å². The number of carbonyl (C=O) groups excluding carboxylic acids is 1. The largest absolute Gasteiger partial charge is 0.370 e. The summed E-state index contributed by atoms with van der Waals surface area (Å²) in [5, 5.41) is 6.12. The quantitative estimate of drug-likeness (QED) is 0.840. The van der Waals surface area contributed by atoms with Crippen molar-refractivity contribution in [1.82, 2.24) is 10.3 Å². The SMILES string of the molecule is CCC(C)NC(=O)CCNc1ccc(C(C)(C)C)cn1. The van der Waals surface area contributed by atoms with E-state index >= 15 is 0 Å². The van der Waals surface area contributed by atoms with Crippen LogP contribution in [-0.2, 0) is 10.2 Å². The fraction of sp³-hybridized carbons (Fsp3) is 0.625. The van der Waals surface area contributed by atoms with Crippen molar-refractivity contribution < 1.29 is 4.79 Å². The minimum Gasteiger partial charge on any atom is -0.370 e. The first kappa shape index (κ1) is 16.5. The van der Waals surface area contributed by atoms with Gasteiger partial charge < -0.3 is 10.6 Å². The molecule has 112 valence electrons. The maximum absolute atomic E-state index is 11.6. The molecule has 0 fully saturated rings. The molecule has 0 spiro atoms. The Labute approximate surface area is 122 Å². The van der Waals surface area contributed by atoms with E-state index in [1.54, 1.807) is 0 Å². The first-order valence-corrected chi connectivity index (χ1v) is 7.32. The van der Waals surface area contributed by atoms with Gasteiger partial charge in [0.1, 0.15) is 5.82 Å². The van der Waals surface area contributed by atoms with Crippen LogP contribution in [0.25, 0.3) is 0 Å². The predicted molar refractivity (Wildman–Crippen MR) is 83.9 cm³/mol. The van der Waals surface area contributed by atoms with Crippen LogP contribution in [0.1, 0.15) is 53.0 Å². The van der Waals surface area contributed by atoms with Gasteiger partial charge in [-0.05, 0) is 30.4 Å². The molecule has 20 heavy (non-hydrogen) atoms. The molecular weight excluding hydrogens is 250 g/mol. The Balaban J connectivity index is 2.37.